The van der Waals surface area contributed by atoms with Gasteiger partial charge in [0.05, 0.1) is 11.2 Å². The number of halogens is 2. The standard InChI is InChI=1S/C13H13ClFN3/c14-9-3-1-4-10(15)13(9)18-12-6-2-5-11(16)8(12)7-17-18/h1,3-4,7,11H,2,5-6,16H2. The van der Waals surface area contributed by atoms with Gasteiger partial charge in [-0.1, -0.05) is 17.7 Å². The van der Waals surface area contributed by atoms with Crippen LogP contribution in [0.2, 0.25) is 5.02 Å². The molecule has 1 heterocycles. The average Bonchev–Trinajstić information content (AvgIpc) is 2.75. The molecule has 3 rings (SSSR count). The molecule has 0 radical (unpaired) electrons. The molecule has 3 nitrogen and oxygen atoms in total. The van der Waals surface area contributed by atoms with Gasteiger partial charge in [-0.05, 0) is 31.4 Å². The van der Waals surface area contributed by atoms with Gasteiger partial charge < -0.3 is 5.73 Å². The van der Waals surface area contributed by atoms with Crippen molar-refractivity contribution in [2.24, 2.45) is 5.73 Å². The third-order valence-electron chi connectivity index (χ3n) is 3.38. The number of aromatic nitrogens is 2. The quantitative estimate of drug-likeness (QED) is 0.861. The highest BCUT2D eigenvalue weighted by Crippen LogP contribution is 2.32. The Morgan fingerprint density at radius 2 is 2.28 bits per heavy atom. The Labute approximate surface area is 109 Å². The molecular weight excluding hydrogens is 253 g/mol. The minimum atomic E-state index is -0.368. The van der Waals surface area contributed by atoms with Gasteiger partial charge in [-0.15, -0.1) is 0 Å². The number of fused-ring (bicyclic) bond motifs is 1. The van der Waals surface area contributed by atoms with E-state index in [1.165, 1.54) is 6.07 Å². The van der Waals surface area contributed by atoms with Crippen molar-refractivity contribution in [3.8, 4) is 5.69 Å². The van der Waals surface area contributed by atoms with Crippen molar-refractivity contribution >= 4 is 11.6 Å². The summed E-state index contributed by atoms with van der Waals surface area (Å²) in [5.74, 6) is -0.368. The van der Waals surface area contributed by atoms with Crippen molar-refractivity contribution in [1.82, 2.24) is 9.78 Å². The maximum atomic E-state index is 13.9. The average molecular weight is 266 g/mol. The number of para-hydroxylation sites is 1. The zero-order valence-corrected chi connectivity index (χ0v) is 10.5. The maximum Gasteiger partial charge on any atom is 0.150 e. The van der Waals surface area contributed by atoms with E-state index in [2.05, 4.69) is 5.10 Å². The summed E-state index contributed by atoms with van der Waals surface area (Å²) in [6.07, 6.45) is 4.52. The summed E-state index contributed by atoms with van der Waals surface area (Å²) >= 11 is 6.07. The van der Waals surface area contributed by atoms with E-state index >= 15 is 0 Å². The van der Waals surface area contributed by atoms with Crippen LogP contribution in [0.25, 0.3) is 5.69 Å². The van der Waals surface area contributed by atoms with E-state index in [-0.39, 0.29) is 11.9 Å². The largest absolute Gasteiger partial charge is 0.324 e. The molecule has 0 amide bonds. The van der Waals surface area contributed by atoms with Gasteiger partial charge in [0.15, 0.2) is 0 Å². The van der Waals surface area contributed by atoms with Gasteiger partial charge in [0, 0.05) is 17.3 Å². The highest BCUT2D eigenvalue weighted by atomic mass is 35.5. The Morgan fingerprint density at radius 3 is 3.06 bits per heavy atom. The van der Waals surface area contributed by atoms with Gasteiger partial charge in [-0.3, -0.25) is 0 Å². The highest BCUT2D eigenvalue weighted by Gasteiger charge is 2.23. The van der Waals surface area contributed by atoms with Crippen LogP contribution in [-0.4, -0.2) is 9.78 Å². The van der Waals surface area contributed by atoms with E-state index < -0.39 is 0 Å². The Hall–Kier alpha value is -1.39. The first-order valence-corrected chi connectivity index (χ1v) is 6.33. The number of benzene rings is 1. The molecule has 1 aromatic heterocycles. The van der Waals surface area contributed by atoms with Gasteiger partial charge >= 0.3 is 0 Å². The molecule has 2 N–H and O–H groups in total. The van der Waals surface area contributed by atoms with E-state index in [1.807, 2.05) is 0 Å². The number of nitrogens with two attached hydrogens (primary N) is 1. The molecule has 1 unspecified atom stereocenters. The number of hydrogen-bond acceptors (Lipinski definition) is 2. The fourth-order valence-corrected chi connectivity index (χ4v) is 2.72. The molecule has 2 aromatic rings. The van der Waals surface area contributed by atoms with E-state index in [4.69, 9.17) is 17.3 Å². The summed E-state index contributed by atoms with van der Waals surface area (Å²) in [6.45, 7) is 0. The van der Waals surface area contributed by atoms with Crippen LogP contribution in [0.15, 0.2) is 24.4 Å². The Balaban J connectivity index is 2.19. The smallest absolute Gasteiger partial charge is 0.150 e. The van der Waals surface area contributed by atoms with E-state index in [0.717, 1.165) is 30.5 Å². The first-order valence-electron chi connectivity index (χ1n) is 5.95. The fraction of sp³-hybridized carbons (Fsp3) is 0.308. The molecule has 1 aliphatic carbocycles. The van der Waals surface area contributed by atoms with Crippen LogP contribution in [0.5, 0.6) is 0 Å². The molecular formula is C13H13ClFN3. The van der Waals surface area contributed by atoms with Gasteiger partial charge in [-0.25, -0.2) is 9.07 Å². The molecule has 0 bridgehead atoms. The zero-order chi connectivity index (χ0) is 12.7. The van der Waals surface area contributed by atoms with Gasteiger partial charge in [-0.2, -0.15) is 5.10 Å². The second-order valence-corrected chi connectivity index (χ2v) is 4.93. The normalized spacial score (nSPS) is 18.7. The Morgan fingerprint density at radius 1 is 1.44 bits per heavy atom. The van der Waals surface area contributed by atoms with Crippen molar-refractivity contribution < 1.29 is 4.39 Å². The number of nitrogens with zero attached hydrogens (tertiary/aromatic N) is 2. The third kappa shape index (κ3) is 1.72. The lowest BCUT2D eigenvalue weighted by molar-refractivity contribution is 0.551. The summed E-state index contributed by atoms with van der Waals surface area (Å²) in [6, 6.07) is 4.63. The van der Waals surface area contributed by atoms with E-state index in [0.29, 0.717) is 10.7 Å². The SMILES string of the molecule is NC1CCCc2c1cnn2-c1c(F)cccc1Cl. The number of rotatable bonds is 1. The van der Waals surface area contributed by atoms with Gasteiger partial charge in [0.2, 0.25) is 0 Å². The minimum Gasteiger partial charge on any atom is -0.324 e. The molecule has 0 aliphatic heterocycles. The molecule has 1 atom stereocenters. The minimum absolute atomic E-state index is 0.00644. The zero-order valence-electron chi connectivity index (χ0n) is 9.74. The molecule has 1 aromatic carbocycles. The first kappa shape index (κ1) is 11.7. The van der Waals surface area contributed by atoms with Crippen LogP contribution in [0.1, 0.15) is 30.1 Å². The summed E-state index contributed by atoms with van der Waals surface area (Å²) in [4.78, 5) is 0. The molecule has 94 valence electrons. The lowest BCUT2D eigenvalue weighted by atomic mass is 9.94. The van der Waals surface area contributed by atoms with E-state index in [9.17, 15) is 4.39 Å². The summed E-state index contributed by atoms with van der Waals surface area (Å²) in [5, 5.41) is 4.61. The third-order valence-corrected chi connectivity index (χ3v) is 3.68. The van der Waals surface area contributed by atoms with E-state index in [1.54, 1.807) is 23.0 Å². The lowest BCUT2D eigenvalue weighted by Gasteiger charge is -2.20. The fourth-order valence-electron chi connectivity index (χ4n) is 2.48. The summed E-state index contributed by atoms with van der Waals surface area (Å²) in [5.41, 5.74) is 8.32. The highest BCUT2D eigenvalue weighted by molar-refractivity contribution is 6.32. The molecule has 1 aliphatic rings. The lowest BCUT2D eigenvalue weighted by Crippen LogP contribution is -2.18. The molecule has 0 saturated heterocycles. The summed E-state index contributed by atoms with van der Waals surface area (Å²) < 4.78 is 15.5. The maximum absolute atomic E-state index is 13.9. The van der Waals surface area contributed by atoms with Crippen LogP contribution in [-0.2, 0) is 6.42 Å². The van der Waals surface area contributed by atoms with Crippen molar-refractivity contribution in [3.63, 3.8) is 0 Å². The van der Waals surface area contributed by atoms with Crippen molar-refractivity contribution in [1.29, 1.82) is 0 Å². The van der Waals surface area contributed by atoms with Gasteiger partial charge in [0.1, 0.15) is 11.5 Å². The molecule has 0 spiro atoms. The van der Waals surface area contributed by atoms with Crippen molar-refractivity contribution in [2.75, 3.05) is 0 Å². The van der Waals surface area contributed by atoms with Crippen LogP contribution in [0.3, 0.4) is 0 Å². The van der Waals surface area contributed by atoms with Crippen LogP contribution >= 0.6 is 11.6 Å². The molecule has 0 fully saturated rings. The number of hydrogen-bond donors (Lipinski definition) is 1. The Bertz CT molecular complexity index is 574. The molecule has 18 heavy (non-hydrogen) atoms. The second-order valence-electron chi connectivity index (χ2n) is 4.53. The topological polar surface area (TPSA) is 43.8 Å². The Kier molecular flexibility index (Phi) is 2.84. The van der Waals surface area contributed by atoms with Crippen LogP contribution in [0, 0.1) is 5.82 Å². The van der Waals surface area contributed by atoms with Crippen LogP contribution < -0.4 is 5.73 Å². The monoisotopic (exact) mass is 265 g/mol. The van der Waals surface area contributed by atoms with Gasteiger partial charge in [0.25, 0.3) is 0 Å². The van der Waals surface area contributed by atoms with Crippen molar-refractivity contribution in [2.45, 2.75) is 25.3 Å². The second kappa shape index (κ2) is 4.37. The van der Waals surface area contributed by atoms with Crippen LogP contribution in [0.4, 0.5) is 4.39 Å². The van der Waals surface area contributed by atoms with Crippen molar-refractivity contribution in [3.05, 3.63) is 46.5 Å². The predicted molar refractivity (Wildman–Crippen MR) is 68.4 cm³/mol. The molecule has 0 saturated carbocycles. The predicted octanol–water partition coefficient (Wildman–Crippen LogP) is 3.00. The first-order chi connectivity index (χ1) is 8.68. The summed E-state index contributed by atoms with van der Waals surface area (Å²) in [7, 11) is 0. The molecule has 5 heteroatoms.